The van der Waals surface area contributed by atoms with Crippen molar-refractivity contribution in [3.8, 4) is 5.69 Å². The van der Waals surface area contributed by atoms with Crippen LogP contribution in [-0.4, -0.2) is 11.3 Å². The molecule has 12 rings (SSSR count). The highest BCUT2D eigenvalue weighted by Crippen LogP contribution is 2.48. The van der Waals surface area contributed by atoms with E-state index >= 15 is 0 Å². The van der Waals surface area contributed by atoms with Crippen molar-refractivity contribution >= 4 is 96.1 Å². The van der Waals surface area contributed by atoms with Gasteiger partial charge in [0.1, 0.15) is 0 Å². The van der Waals surface area contributed by atoms with Crippen molar-refractivity contribution in [1.82, 2.24) is 4.57 Å². The molecule has 300 valence electrons. The average molecular weight is 809 g/mol. The number of rotatable bonds is 6. The van der Waals surface area contributed by atoms with Gasteiger partial charge in [0.15, 0.2) is 0 Å². The van der Waals surface area contributed by atoms with Crippen molar-refractivity contribution in [2.24, 2.45) is 0 Å². The van der Waals surface area contributed by atoms with E-state index in [1.807, 2.05) is 0 Å². The van der Waals surface area contributed by atoms with E-state index in [4.69, 9.17) is 0 Å². The predicted molar refractivity (Wildman–Crippen MR) is 268 cm³/mol. The summed E-state index contributed by atoms with van der Waals surface area (Å²) in [5, 5.41) is 2.52. The molecule has 5 heteroatoms. The lowest BCUT2D eigenvalue weighted by Crippen LogP contribution is -2.61. The Kier molecular flexibility index (Phi) is 8.48. The van der Waals surface area contributed by atoms with Gasteiger partial charge < -0.3 is 19.3 Å². The van der Waals surface area contributed by atoms with Crippen LogP contribution in [0.4, 0.5) is 51.2 Å². The number of benzene rings is 9. The number of nitrogens with zero attached hydrogens (tertiary/aromatic N) is 4. The molecule has 4 nitrogen and oxygen atoms in total. The van der Waals surface area contributed by atoms with E-state index < -0.39 is 0 Å². The minimum absolute atomic E-state index is 0.0455. The molecule has 0 bridgehead atoms. The van der Waals surface area contributed by atoms with Crippen LogP contribution in [-0.2, 0) is 0 Å². The lowest BCUT2D eigenvalue weighted by atomic mass is 9.33. The first kappa shape index (κ1) is 37.0. The average Bonchev–Trinajstić information content (AvgIpc) is 3.65. The summed E-state index contributed by atoms with van der Waals surface area (Å²) in [7, 11) is 0. The highest BCUT2D eigenvalue weighted by Gasteiger charge is 2.44. The number of para-hydroxylation sites is 3. The summed E-state index contributed by atoms with van der Waals surface area (Å²) in [5.41, 5.74) is 22.7. The summed E-state index contributed by atoms with van der Waals surface area (Å²) in [5.74, 6) is 0. The molecule has 10 aromatic rings. The Balaban J connectivity index is 1.19. The molecule has 0 unspecified atom stereocenters. The highest BCUT2D eigenvalue weighted by atomic mass is 15.2. The Morgan fingerprint density at radius 1 is 0.349 bits per heavy atom. The molecule has 0 atom stereocenters. The zero-order chi connectivity index (χ0) is 42.3. The van der Waals surface area contributed by atoms with E-state index in [-0.39, 0.29) is 6.71 Å². The minimum atomic E-state index is -0.0455. The van der Waals surface area contributed by atoms with Crippen molar-refractivity contribution in [2.75, 3.05) is 14.7 Å². The maximum Gasteiger partial charge on any atom is 0.252 e. The number of hydrogen-bond acceptors (Lipinski definition) is 3. The zero-order valence-electron chi connectivity index (χ0n) is 35.9. The lowest BCUT2D eigenvalue weighted by molar-refractivity contribution is 1.17. The first-order valence-corrected chi connectivity index (χ1v) is 22.0. The Bertz CT molecular complexity index is 3290. The van der Waals surface area contributed by atoms with Gasteiger partial charge in [-0.1, -0.05) is 125 Å². The fourth-order valence-electron chi connectivity index (χ4n) is 10.2. The van der Waals surface area contributed by atoms with E-state index in [2.05, 4.69) is 247 Å². The summed E-state index contributed by atoms with van der Waals surface area (Å²) in [6.07, 6.45) is 0. The van der Waals surface area contributed by atoms with Crippen molar-refractivity contribution in [2.45, 2.75) is 27.7 Å². The second-order valence-corrected chi connectivity index (χ2v) is 17.4. The molecule has 2 aliphatic heterocycles. The van der Waals surface area contributed by atoms with Gasteiger partial charge in [0, 0.05) is 62.0 Å². The second-order valence-electron chi connectivity index (χ2n) is 17.4. The van der Waals surface area contributed by atoms with Gasteiger partial charge in [-0.25, -0.2) is 0 Å². The smallest absolute Gasteiger partial charge is 0.252 e. The third kappa shape index (κ3) is 5.91. The number of aryl methyl sites for hydroxylation is 4. The molecular weight excluding hydrogens is 763 g/mol. The molecule has 0 radical (unpaired) electrons. The predicted octanol–water partition coefficient (Wildman–Crippen LogP) is 13.6. The van der Waals surface area contributed by atoms with Crippen LogP contribution in [0.5, 0.6) is 0 Å². The normalized spacial score (nSPS) is 12.7. The first-order valence-electron chi connectivity index (χ1n) is 22.0. The van der Waals surface area contributed by atoms with Crippen LogP contribution in [0.15, 0.2) is 200 Å². The molecule has 0 saturated heterocycles. The minimum Gasteiger partial charge on any atom is -0.311 e. The molecule has 1 aromatic heterocycles. The van der Waals surface area contributed by atoms with Gasteiger partial charge in [0.25, 0.3) is 6.71 Å². The summed E-state index contributed by atoms with van der Waals surface area (Å²) >= 11 is 0. The van der Waals surface area contributed by atoms with Gasteiger partial charge in [0.05, 0.1) is 16.7 Å². The van der Waals surface area contributed by atoms with Crippen LogP contribution in [0.1, 0.15) is 22.3 Å². The first-order chi connectivity index (χ1) is 30.9. The van der Waals surface area contributed by atoms with E-state index in [1.54, 1.807) is 0 Å². The number of anilines is 9. The standard InChI is InChI=1S/C58H45BN4/c1-38-18-25-43(26-19-38)60(44-27-20-39(2)21-28-44)47-36-56-58-57(37-47)62(45-29-22-40(3)23-30-45)54-32-24-41(4)34-50(54)59(58)51-35-46(31-33-55(51)61(56)42-12-6-5-7-13-42)63-52-16-10-8-14-48(52)49-15-9-11-17-53(49)63/h5-37H,1-4H3. The Morgan fingerprint density at radius 2 is 0.794 bits per heavy atom. The zero-order valence-corrected chi connectivity index (χ0v) is 35.9. The third-order valence-electron chi connectivity index (χ3n) is 13.2. The molecule has 0 aliphatic carbocycles. The molecule has 63 heavy (non-hydrogen) atoms. The summed E-state index contributed by atoms with van der Waals surface area (Å²) in [4.78, 5) is 7.45. The Hall–Kier alpha value is -7.76. The molecule has 0 N–H and O–H groups in total. The fourth-order valence-corrected chi connectivity index (χ4v) is 10.2. The molecule has 0 fully saturated rings. The maximum absolute atomic E-state index is 2.51. The van der Waals surface area contributed by atoms with Crippen molar-refractivity contribution in [3.05, 3.63) is 222 Å². The van der Waals surface area contributed by atoms with Gasteiger partial charge in [-0.2, -0.15) is 0 Å². The summed E-state index contributed by atoms with van der Waals surface area (Å²) in [6.45, 7) is 8.66. The van der Waals surface area contributed by atoms with Crippen LogP contribution in [0.25, 0.3) is 27.5 Å². The maximum atomic E-state index is 2.51. The molecule has 9 aromatic carbocycles. The van der Waals surface area contributed by atoms with E-state index in [0.717, 1.165) is 34.1 Å². The monoisotopic (exact) mass is 808 g/mol. The molecule has 0 spiro atoms. The van der Waals surface area contributed by atoms with Crippen molar-refractivity contribution in [3.63, 3.8) is 0 Å². The summed E-state index contributed by atoms with van der Waals surface area (Å²) in [6, 6.07) is 74.6. The summed E-state index contributed by atoms with van der Waals surface area (Å²) < 4.78 is 2.46. The van der Waals surface area contributed by atoms with Crippen molar-refractivity contribution in [1.29, 1.82) is 0 Å². The van der Waals surface area contributed by atoms with Gasteiger partial charge in [-0.3, -0.25) is 0 Å². The number of aromatic nitrogens is 1. The molecular formula is C58H45BN4. The third-order valence-corrected chi connectivity index (χ3v) is 13.2. The number of fused-ring (bicyclic) bond motifs is 7. The molecule has 2 aliphatic rings. The topological polar surface area (TPSA) is 14.7 Å². The van der Waals surface area contributed by atoms with E-state index in [0.29, 0.717) is 0 Å². The van der Waals surface area contributed by atoms with E-state index in [9.17, 15) is 0 Å². The van der Waals surface area contributed by atoms with Crippen LogP contribution in [0, 0.1) is 27.7 Å². The molecule has 0 amide bonds. The molecule has 0 saturated carbocycles. The van der Waals surface area contributed by atoms with Crippen LogP contribution < -0.4 is 31.1 Å². The second kappa shape index (κ2) is 14.4. The van der Waals surface area contributed by atoms with E-state index in [1.165, 1.54) is 83.2 Å². The quantitative estimate of drug-likeness (QED) is 0.156. The van der Waals surface area contributed by atoms with Crippen LogP contribution in [0.3, 0.4) is 0 Å². The SMILES string of the molecule is Cc1ccc(N(c2ccc(C)cc2)c2cc3c4c(c2)N(c2ccccc2)c2ccc(-n5c6ccccc6c6ccccc65)cc2B4c2cc(C)ccc2N3c2ccc(C)cc2)cc1. The Morgan fingerprint density at radius 3 is 1.37 bits per heavy atom. The largest absolute Gasteiger partial charge is 0.311 e. The van der Waals surface area contributed by atoms with Gasteiger partial charge >= 0.3 is 0 Å². The highest BCUT2D eigenvalue weighted by molar-refractivity contribution is 7.00. The van der Waals surface area contributed by atoms with Gasteiger partial charge in [-0.05, 0) is 141 Å². The van der Waals surface area contributed by atoms with Gasteiger partial charge in [-0.15, -0.1) is 0 Å². The Labute approximate surface area is 369 Å². The van der Waals surface area contributed by atoms with Crippen LogP contribution >= 0.6 is 0 Å². The fraction of sp³-hybridized carbons (Fsp3) is 0.0690. The number of hydrogen-bond donors (Lipinski definition) is 0. The van der Waals surface area contributed by atoms with Crippen molar-refractivity contribution < 1.29 is 0 Å². The lowest BCUT2D eigenvalue weighted by Gasteiger charge is -2.45. The van der Waals surface area contributed by atoms with Gasteiger partial charge in [0.2, 0.25) is 0 Å². The molecule has 3 heterocycles. The van der Waals surface area contributed by atoms with Crippen LogP contribution in [0.2, 0.25) is 0 Å².